The highest BCUT2D eigenvalue weighted by atomic mass is 16.5. The Balaban J connectivity index is 1.32. The molecule has 1 amide bonds. The Morgan fingerprint density at radius 2 is 1.81 bits per heavy atom. The first-order chi connectivity index (χ1) is 13.1. The van der Waals surface area contributed by atoms with Crippen LogP contribution in [0, 0.1) is 5.41 Å². The fourth-order valence-corrected chi connectivity index (χ4v) is 4.17. The first kappa shape index (κ1) is 16.1. The maximum atomic E-state index is 13.0. The summed E-state index contributed by atoms with van der Waals surface area (Å²) in [7, 11) is 1.83. The van der Waals surface area contributed by atoms with Gasteiger partial charge in [0.2, 0.25) is 0 Å². The van der Waals surface area contributed by atoms with Crippen LogP contribution in [0.25, 0.3) is 11.3 Å². The maximum absolute atomic E-state index is 13.0. The lowest BCUT2D eigenvalue weighted by molar-refractivity contribution is -0.0296. The van der Waals surface area contributed by atoms with E-state index in [0.29, 0.717) is 12.3 Å². The Hall–Kier alpha value is -3.08. The van der Waals surface area contributed by atoms with E-state index in [1.807, 2.05) is 66.5 Å². The van der Waals surface area contributed by atoms with E-state index in [4.69, 9.17) is 4.74 Å². The number of nitrogens with zero attached hydrogens (tertiary/aromatic N) is 3. The van der Waals surface area contributed by atoms with E-state index in [0.717, 1.165) is 36.5 Å². The van der Waals surface area contributed by atoms with Gasteiger partial charge in [-0.05, 0) is 24.1 Å². The predicted octanol–water partition coefficient (Wildman–Crippen LogP) is 3.16. The summed E-state index contributed by atoms with van der Waals surface area (Å²) in [6.07, 6.45) is 0.966. The predicted molar refractivity (Wildman–Crippen MR) is 103 cm³/mol. The fraction of sp³-hybridized carbons (Fsp3) is 0.273. The van der Waals surface area contributed by atoms with Crippen LogP contribution in [0.4, 0.5) is 0 Å². The summed E-state index contributed by atoms with van der Waals surface area (Å²) in [4.78, 5) is 14.9. The molecule has 1 aromatic heterocycles. The zero-order chi connectivity index (χ0) is 18.4. The molecule has 5 nitrogen and oxygen atoms in total. The van der Waals surface area contributed by atoms with Gasteiger partial charge in [-0.3, -0.25) is 9.48 Å². The van der Waals surface area contributed by atoms with Crippen LogP contribution in [0.1, 0.15) is 16.1 Å². The van der Waals surface area contributed by atoms with Crippen molar-refractivity contribution in [1.82, 2.24) is 14.7 Å². The standard InChI is InChI=1S/C22H21N3O2/c1-24-19(11-18(23-24)16-7-3-2-4-8-16)21(26)25-13-22(14-25)12-17-9-5-6-10-20(17)27-15-22/h2-11H,12-15H2,1H3. The van der Waals surface area contributed by atoms with Crippen LogP contribution in [-0.2, 0) is 13.5 Å². The van der Waals surface area contributed by atoms with Crippen LogP contribution in [0.5, 0.6) is 5.75 Å². The molecular formula is C22H21N3O2. The van der Waals surface area contributed by atoms with Crippen LogP contribution < -0.4 is 4.74 Å². The molecule has 5 heteroatoms. The lowest BCUT2D eigenvalue weighted by Gasteiger charge is -2.51. The molecule has 3 aromatic rings. The summed E-state index contributed by atoms with van der Waals surface area (Å²) in [6, 6.07) is 20.0. The minimum atomic E-state index is 0.0386. The Bertz CT molecular complexity index is 1000. The summed E-state index contributed by atoms with van der Waals surface area (Å²) in [5.41, 5.74) is 3.75. The largest absolute Gasteiger partial charge is 0.493 e. The second-order valence-electron chi connectivity index (χ2n) is 7.64. The van der Waals surface area contributed by atoms with Gasteiger partial charge in [0, 0.05) is 31.1 Å². The molecule has 0 saturated carbocycles. The average Bonchev–Trinajstić information content (AvgIpc) is 3.07. The van der Waals surface area contributed by atoms with Gasteiger partial charge in [0.05, 0.1) is 12.3 Å². The van der Waals surface area contributed by atoms with Gasteiger partial charge in [-0.1, -0.05) is 48.5 Å². The number of rotatable bonds is 2. The van der Waals surface area contributed by atoms with E-state index >= 15 is 0 Å². The minimum absolute atomic E-state index is 0.0386. The second kappa shape index (κ2) is 5.98. The molecule has 1 saturated heterocycles. The molecule has 0 unspecified atom stereocenters. The molecule has 2 aromatic carbocycles. The van der Waals surface area contributed by atoms with Gasteiger partial charge in [-0.25, -0.2) is 0 Å². The average molecular weight is 359 g/mol. The first-order valence-electron chi connectivity index (χ1n) is 9.23. The van der Waals surface area contributed by atoms with E-state index in [2.05, 4.69) is 11.2 Å². The third kappa shape index (κ3) is 2.70. The number of amides is 1. The number of aryl methyl sites for hydroxylation is 1. The molecule has 0 atom stereocenters. The number of ether oxygens (including phenoxy) is 1. The van der Waals surface area contributed by atoms with E-state index in [9.17, 15) is 4.79 Å². The highest BCUT2D eigenvalue weighted by molar-refractivity contribution is 5.94. The molecule has 0 N–H and O–H groups in total. The summed E-state index contributed by atoms with van der Waals surface area (Å²) < 4.78 is 7.63. The van der Waals surface area contributed by atoms with Crippen molar-refractivity contribution in [3.8, 4) is 17.0 Å². The normalized spacial score (nSPS) is 17.1. The number of carbonyl (C=O) groups is 1. The molecular weight excluding hydrogens is 338 g/mol. The molecule has 0 bridgehead atoms. The van der Waals surface area contributed by atoms with Gasteiger partial charge in [0.25, 0.3) is 5.91 Å². The van der Waals surface area contributed by atoms with Crippen molar-refractivity contribution in [3.05, 3.63) is 71.9 Å². The van der Waals surface area contributed by atoms with Crippen LogP contribution in [0.3, 0.4) is 0 Å². The molecule has 3 heterocycles. The summed E-state index contributed by atoms with van der Waals surface area (Å²) >= 11 is 0. The number of hydrogen-bond donors (Lipinski definition) is 0. The Kier molecular flexibility index (Phi) is 3.57. The Morgan fingerprint density at radius 1 is 1.07 bits per heavy atom. The molecule has 1 spiro atoms. The molecule has 2 aliphatic rings. The van der Waals surface area contributed by atoms with Crippen molar-refractivity contribution < 1.29 is 9.53 Å². The van der Waals surface area contributed by atoms with Crippen molar-refractivity contribution in [2.45, 2.75) is 6.42 Å². The van der Waals surface area contributed by atoms with E-state index in [1.165, 1.54) is 5.56 Å². The zero-order valence-electron chi connectivity index (χ0n) is 15.3. The highest BCUT2D eigenvalue weighted by Crippen LogP contribution is 2.41. The van der Waals surface area contributed by atoms with Crippen molar-refractivity contribution in [3.63, 3.8) is 0 Å². The molecule has 0 radical (unpaired) electrons. The van der Waals surface area contributed by atoms with Gasteiger partial charge >= 0.3 is 0 Å². The summed E-state index contributed by atoms with van der Waals surface area (Å²) in [5, 5.41) is 4.52. The smallest absolute Gasteiger partial charge is 0.272 e. The fourth-order valence-electron chi connectivity index (χ4n) is 4.17. The number of aromatic nitrogens is 2. The van der Waals surface area contributed by atoms with Crippen molar-refractivity contribution in [2.75, 3.05) is 19.7 Å². The lowest BCUT2D eigenvalue weighted by atomic mass is 9.74. The van der Waals surface area contributed by atoms with Gasteiger partial charge in [0.1, 0.15) is 11.4 Å². The molecule has 136 valence electrons. The number of carbonyl (C=O) groups excluding carboxylic acids is 1. The third-order valence-corrected chi connectivity index (χ3v) is 5.58. The topological polar surface area (TPSA) is 47.4 Å². The van der Waals surface area contributed by atoms with E-state index < -0.39 is 0 Å². The second-order valence-corrected chi connectivity index (χ2v) is 7.64. The Morgan fingerprint density at radius 3 is 2.63 bits per heavy atom. The van der Waals surface area contributed by atoms with Gasteiger partial charge in [-0.15, -0.1) is 0 Å². The van der Waals surface area contributed by atoms with Gasteiger partial charge in [-0.2, -0.15) is 5.10 Å². The number of hydrogen-bond acceptors (Lipinski definition) is 3. The number of likely N-dealkylation sites (tertiary alicyclic amines) is 1. The zero-order valence-corrected chi connectivity index (χ0v) is 15.3. The maximum Gasteiger partial charge on any atom is 0.272 e. The molecule has 0 aliphatic carbocycles. The van der Waals surface area contributed by atoms with E-state index in [-0.39, 0.29) is 11.3 Å². The lowest BCUT2D eigenvalue weighted by Crippen LogP contribution is -2.63. The summed E-state index contributed by atoms with van der Waals surface area (Å²) in [6.45, 7) is 2.13. The molecule has 27 heavy (non-hydrogen) atoms. The Labute approximate surface area is 158 Å². The van der Waals surface area contributed by atoms with Crippen molar-refractivity contribution >= 4 is 5.91 Å². The van der Waals surface area contributed by atoms with Gasteiger partial charge < -0.3 is 9.64 Å². The minimum Gasteiger partial charge on any atom is -0.493 e. The van der Waals surface area contributed by atoms with E-state index in [1.54, 1.807) is 4.68 Å². The molecule has 1 fully saturated rings. The SMILES string of the molecule is Cn1nc(-c2ccccc2)cc1C(=O)N1CC2(COc3ccccc3C2)C1. The quantitative estimate of drug-likeness (QED) is 0.706. The van der Waals surface area contributed by atoms with Crippen LogP contribution in [-0.4, -0.2) is 40.3 Å². The number of benzene rings is 2. The van der Waals surface area contributed by atoms with Crippen LogP contribution in [0.2, 0.25) is 0 Å². The van der Waals surface area contributed by atoms with Crippen molar-refractivity contribution in [2.24, 2.45) is 12.5 Å². The first-order valence-corrected chi connectivity index (χ1v) is 9.23. The van der Waals surface area contributed by atoms with Gasteiger partial charge in [0.15, 0.2) is 0 Å². The summed E-state index contributed by atoms with van der Waals surface area (Å²) in [5.74, 6) is 1.02. The van der Waals surface area contributed by atoms with Crippen LogP contribution >= 0.6 is 0 Å². The highest BCUT2D eigenvalue weighted by Gasteiger charge is 2.48. The third-order valence-electron chi connectivity index (χ3n) is 5.58. The molecule has 5 rings (SSSR count). The van der Waals surface area contributed by atoms with Crippen LogP contribution in [0.15, 0.2) is 60.7 Å². The molecule has 2 aliphatic heterocycles. The van der Waals surface area contributed by atoms with Crippen molar-refractivity contribution in [1.29, 1.82) is 0 Å². The number of para-hydroxylation sites is 1. The number of fused-ring (bicyclic) bond motifs is 1. The monoisotopic (exact) mass is 359 g/mol.